The van der Waals surface area contributed by atoms with E-state index < -0.39 is 5.82 Å². The molecular formula is C16H18BrFN4OS. The van der Waals surface area contributed by atoms with Gasteiger partial charge in [-0.1, -0.05) is 15.9 Å². The fraction of sp³-hybridized carbons (Fsp3) is 0.375. The summed E-state index contributed by atoms with van der Waals surface area (Å²) < 4.78 is 14.5. The highest BCUT2D eigenvalue weighted by Gasteiger charge is 2.26. The molecule has 1 N–H and O–H groups in total. The van der Waals surface area contributed by atoms with Gasteiger partial charge in [-0.15, -0.1) is 11.3 Å². The molecule has 0 radical (unpaired) electrons. The van der Waals surface area contributed by atoms with Crippen LogP contribution < -0.4 is 10.2 Å². The van der Waals surface area contributed by atoms with Gasteiger partial charge in [0.25, 0.3) is 0 Å². The molecule has 0 aliphatic carbocycles. The number of hydrogen-bond acceptors (Lipinski definition) is 5. The number of halogens is 2. The van der Waals surface area contributed by atoms with Gasteiger partial charge in [-0.2, -0.15) is 0 Å². The lowest BCUT2D eigenvalue weighted by atomic mass is 10.2. The molecule has 24 heavy (non-hydrogen) atoms. The fourth-order valence-corrected chi connectivity index (χ4v) is 3.70. The predicted molar refractivity (Wildman–Crippen MR) is 98.1 cm³/mol. The van der Waals surface area contributed by atoms with Gasteiger partial charge in [-0.05, 0) is 25.1 Å². The molecule has 1 aromatic carbocycles. The molecule has 2 heterocycles. The van der Waals surface area contributed by atoms with Crippen LogP contribution in [0.5, 0.6) is 0 Å². The highest BCUT2D eigenvalue weighted by molar-refractivity contribution is 9.10. The summed E-state index contributed by atoms with van der Waals surface area (Å²) in [7, 11) is 0. The molecule has 1 saturated heterocycles. The van der Waals surface area contributed by atoms with Crippen LogP contribution in [0.1, 0.15) is 6.92 Å². The second-order valence-electron chi connectivity index (χ2n) is 5.63. The van der Waals surface area contributed by atoms with Gasteiger partial charge in [0.2, 0.25) is 5.91 Å². The Morgan fingerprint density at radius 2 is 2.12 bits per heavy atom. The minimum Gasteiger partial charge on any atom is -0.346 e. The van der Waals surface area contributed by atoms with Gasteiger partial charge in [0, 0.05) is 42.2 Å². The molecule has 8 heteroatoms. The molecule has 2 aromatic rings. The Bertz CT molecular complexity index is 704. The second-order valence-corrected chi connectivity index (χ2v) is 7.42. The Labute approximate surface area is 152 Å². The number of carbonyl (C=O) groups excluding carboxylic acids is 1. The zero-order valence-electron chi connectivity index (χ0n) is 13.2. The zero-order valence-corrected chi connectivity index (χ0v) is 15.6. The molecule has 1 aromatic heterocycles. The molecule has 0 spiro atoms. The monoisotopic (exact) mass is 412 g/mol. The number of piperazine rings is 1. The van der Waals surface area contributed by atoms with E-state index in [4.69, 9.17) is 0 Å². The van der Waals surface area contributed by atoms with Crippen LogP contribution >= 0.6 is 27.3 Å². The maximum absolute atomic E-state index is 13.9. The largest absolute Gasteiger partial charge is 0.346 e. The summed E-state index contributed by atoms with van der Waals surface area (Å²) in [6.45, 7) is 5.06. The minimum atomic E-state index is -0.446. The van der Waals surface area contributed by atoms with Gasteiger partial charge in [0.05, 0.1) is 11.7 Å². The average Bonchev–Trinajstić information content (AvgIpc) is 3.11. The lowest BCUT2D eigenvalue weighted by Gasteiger charge is -2.37. The van der Waals surface area contributed by atoms with Crippen LogP contribution in [0.25, 0.3) is 0 Å². The van der Waals surface area contributed by atoms with Crippen molar-refractivity contribution in [3.05, 3.63) is 40.1 Å². The van der Waals surface area contributed by atoms with Crippen molar-refractivity contribution in [2.45, 2.75) is 13.0 Å². The first kappa shape index (κ1) is 17.3. The first-order valence-electron chi connectivity index (χ1n) is 7.69. The normalized spacial score (nSPS) is 16.9. The van der Waals surface area contributed by atoms with Gasteiger partial charge in [0.1, 0.15) is 5.82 Å². The van der Waals surface area contributed by atoms with E-state index >= 15 is 0 Å². The number of amides is 1. The molecule has 1 amide bonds. The molecule has 128 valence electrons. The van der Waals surface area contributed by atoms with Crippen molar-refractivity contribution in [1.82, 2.24) is 9.88 Å². The molecule has 0 saturated carbocycles. The summed E-state index contributed by atoms with van der Waals surface area (Å²) in [5.74, 6) is -0.641. The lowest BCUT2D eigenvalue weighted by Crippen LogP contribution is -2.52. The van der Waals surface area contributed by atoms with Crippen molar-refractivity contribution in [2.75, 3.05) is 36.4 Å². The Morgan fingerprint density at radius 3 is 2.75 bits per heavy atom. The topological polar surface area (TPSA) is 48.5 Å². The molecule has 5 nitrogen and oxygen atoms in total. The Morgan fingerprint density at radius 1 is 1.38 bits per heavy atom. The van der Waals surface area contributed by atoms with Gasteiger partial charge in [-0.25, -0.2) is 9.37 Å². The highest BCUT2D eigenvalue weighted by Crippen LogP contribution is 2.21. The molecule has 1 aliphatic rings. The number of nitrogens with zero attached hydrogens (tertiary/aromatic N) is 3. The number of anilines is 2. The third-order valence-corrected chi connectivity index (χ3v) is 5.45. The summed E-state index contributed by atoms with van der Waals surface area (Å²) >= 11 is 4.83. The van der Waals surface area contributed by atoms with E-state index in [0.29, 0.717) is 4.47 Å². The number of aromatic nitrogens is 1. The van der Waals surface area contributed by atoms with Crippen molar-refractivity contribution < 1.29 is 9.18 Å². The van der Waals surface area contributed by atoms with Crippen molar-refractivity contribution in [3.63, 3.8) is 0 Å². The molecule has 3 rings (SSSR count). The van der Waals surface area contributed by atoms with Crippen molar-refractivity contribution >= 4 is 44.0 Å². The zero-order chi connectivity index (χ0) is 17.1. The summed E-state index contributed by atoms with van der Waals surface area (Å²) in [6.07, 6.45) is 1.80. The third kappa shape index (κ3) is 3.93. The number of carbonyl (C=O) groups is 1. The maximum Gasteiger partial charge on any atom is 0.241 e. The van der Waals surface area contributed by atoms with Crippen LogP contribution in [-0.4, -0.2) is 48.0 Å². The van der Waals surface area contributed by atoms with E-state index in [0.717, 1.165) is 31.3 Å². The number of rotatable bonds is 4. The van der Waals surface area contributed by atoms with Gasteiger partial charge in [0.15, 0.2) is 5.13 Å². The quantitative estimate of drug-likeness (QED) is 0.837. The van der Waals surface area contributed by atoms with Crippen molar-refractivity contribution in [3.8, 4) is 0 Å². The highest BCUT2D eigenvalue weighted by atomic mass is 79.9. The number of thiazole rings is 1. The first-order valence-corrected chi connectivity index (χ1v) is 9.36. The third-order valence-electron chi connectivity index (χ3n) is 4.12. The Hall–Kier alpha value is -1.51. The number of hydrogen-bond donors (Lipinski definition) is 1. The average molecular weight is 413 g/mol. The van der Waals surface area contributed by atoms with Crippen LogP contribution in [0.2, 0.25) is 0 Å². The van der Waals surface area contributed by atoms with E-state index in [1.165, 1.54) is 6.07 Å². The van der Waals surface area contributed by atoms with Crippen LogP contribution in [0.3, 0.4) is 0 Å². The standard InChI is InChI=1S/C16H18BrFN4OS/c1-11(15(23)20-14-3-2-12(17)10-13(14)18)21-5-7-22(8-6-21)16-19-4-9-24-16/h2-4,9-11H,5-8H2,1H3,(H,20,23)/t11-/m0/s1. The molecule has 1 fully saturated rings. The van der Waals surface area contributed by atoms with Crippen LogP contribution in [0.4, 0.5) is 15.2 Å². The summed E-state index contributed by atoms with van der Waals surface area (Å²) in [4.78, 5) is 21.1. The summed E-state index contributed by atoms with van der Waals surface area (Å²) in [5, 5.41) is 5.65. The van der Waals surface area contributed by atoms with Crippen LogP contribution in [0, 0.1) is 5.82 Å². The van der Waals surface area contributed by atoms with E-state index in [1.54, 1.807) is 29.7 Å². The van der Waals surface area contributed by atoms with Gasteiger partial charge >= 0.3 is 0 Å². The van der Waals surface area contributed by atoms with Gasteiger partial charge in [-0.3, -0.25) is 9.69 Å². The van der Waals surface area contributed by atoms with E-state index in [2.05, 4.69) is 36.0 Å². The fourth-order valence-electron chi connectivity index (χ4n) is 2.67. The summed E-state index contributed by atoms with van der Waals surface area (Å²) in [5.41, 5.74) is 0.205. The Kier molecular flexibility index (Phi) is 5.47. The Balaban J connectivity index is 1.56. The SMILES string of the molecule is C[C@@H](C(=O)Nc1ccc(Br)cc1F)N1CCN(c2nccs2)CC1. The lowest BCUT2D eigenvalue weighted by molar-refractivity contribution is -0.120. The van der Waals surface area contributed by atoms with Crippen molar-refractivity contribution in [2.24, 2.45) is 0 Å². The minimum absolute atomic E-state index is 0.195. The number of benzene rings is 1. The maximum atomic E-state index is 13.9. The predicted octanol–water partition coefficient (Wildman–Crippen LogP) is 3.19. The van der Waals surface area contributed by atoms with E-state index in [-0.39, 0.29) is 17.6 Å². The molecule has 0 unspecified atom stereocenters. The van der Waals surface area contributed by atoms with E-state index in [1.807, 2.05) is 12.3 Å². The summed E-state index contributed by atoms with van der Waals surface area (Å²) in [6, 6.07) is 4.29. The van der Waals surface area contributed by atoms with Crippen molar-refractivity contribution in [1.29, 1.82) is 0 Å². The molecular weight excluding hydrogens is 395 g/mol. The van der Waals surface area contributed by atoms with E-state index in [9.17, 15) is 9.18 Å². The number of nitrogens with one attached hydrogen (secondary N) is 1. The second kappa shape index (κ2) is 7.58. The van der Waals surface area contributed by atoms with Gasteiger partial charge < -0.3 is 10.2 Å². The molecule has 1 atom stereocenters. The van der Waals surface area contributed by atoms with Crippen LogP contribution in [0.15, 0.2) is 34.2 Å². The first-order chi connectivity index (χ1) is 11.5. The smallest absolute Gasteiger partial charge is 0.241 e. The van der Waals surface area contributed by atoms with Crippen LogP contribution in [-0.2, 0) is 4.79 Å². The molecule has 1 aliphatic heterocycles. The molecule has 0 bridgehead atoms.